The van der Waals surface area contributed by atoms with Crippen molar-refractivity contribution in [3.05, 3.63) is 107 Å². The van der Waals surface area contributed by atoms with E-state index in [9.17, 15) is 9.18 Å². The summed E-state index contributed by atoms with van der Waals surface area (Å²) in [7, 11) is 1.60. The van der Waals surface area contributed by atoms with Gasteiger partial charge in [0.25, 0.3) is 0 Å². The van der Waals surface area contributed by atoms with Crippen LogP contribution in [0.4, 0.5) is 10.1 Å². The standard InChI is InChI=1S/C33H31FN2O4/c1-20-9-10-22(34)16-30(20)39-19-26-24(12-13-27-31(26)21(2)18-33(3,4)36-27)25-17-23(11-14-29(25)38-5)40-32(37)28-8-6-7-15-35-28/h6-18,36H,19H2,1-5H3. The van der Waals surface area contributed by atoms with E-state index in [0.29, 0.717) is 17.2 Å². The fourth-order valence-electron chi connectivity index (χ4n) is 5.08. The van der Waals surface area contributed by atoms with Crippen LogP contribution in [0.3, 0.4) is 0 Å². The molecule has 0 spiro atoms. The normalized spacial score (nSPS) is 13.5. The molecule has 0 unspecified atom stereocenters. The summed E-state index contributed by atoms with van der Waals surface area (Å²) in [5.74, 6) is 0.506. The van der Waals surface area contributed by atoms with Gasteiger partial charge >= 0.3 is 5.97 Å². The van der Waals surface area contributed by atoms with E-state index in [2.05, 4.69) is 37.1 Å². The second-order valence-electron chi connectivity index (χ2n) is 10.4. The third-order valence-electron chi connectivity index (χ3n) is 6.81. The Morgan fingerprint density at radius 1 is 0.975 bits per heavy atom. The molecule has 204 valence electrons. The predicted octanol–water partition coefficient (Wildman–Crippen LogP) is 7.61. The van der Waals surface area contributed by atoms with Crippen molar-refractivity contribution in [3.8, 4) is 28.4 Å². The van der Waals surface area contributed by atoms with Crippen molar-refractivity contribution in [1.82, 2.24) is 4.98 Å². The van der Waals surface area contributed by atoms with E-state index in [1.54, 1.807) is 55.8 Å². The zero-order valence-corrected chi connectivity index (χ0v) is 23.2. The molecule has 0 radical (unpaired) electrons. The van der Waals surface area contributed by atoms with Gasteiger partial charge in [-0.3, -0.25) is 0 Å². The van der Waals surface area contributed by atoms with E-state index in [4.69, 9.17) is 14.2 Å². The minimum absolute atomic E-state index is 0.178. The summed E-state index contributed by atoms with van der Waals surface area (Å²) < 4.78 is 31.7. The predicted molar refractivity (Wildman–Crippen MR) is 154 cm³/mol. The Hall–Kier alpha value is -4.65. The van der Waals surface area contributed by atoms with Crippen molar-refractivity contribution in [3.63, 3.8) is 0 Å². The van der Waals surface area contributed by atoms with Crippen molar-refractivity contribution in [2.45, 2.75) is 39.8 Å². The quantitative estimate of drug-likeness (QED) is 0.193. The van der Waals surface area contributed by atoms with Gasteiger partial charge in [-0.25, -0.2) is 14.2 Å². The molecule has 1 aliphatic heterocycles. The summed E-state index contributed by atoms with van der Waals surface area (Å²) in [4.78, 5) is 16.8. The van der Waals surface area contributed by atoms with Gasteiger partial charge < -0.3 is 19.5 Å². The fourth-order valence-corrected chi connectivity index (χ4v) is 5.08. The van der Waals surface area contributed by atoms with Gasteiger partial charge in [0.15, 0.2) is 0 Å². The van der Waals surface area contributed by atoms with E-state index in [-0.39, 0.29) is 23.7 Å². The zero-order chi connectivity index (χ0) is 28.4. The smallest absolute Gasteiger partial charge is 0.362 e. The Bertz CT molecular complexity index is 1610. The molecule has 0 saturated carbocycles. The molecule has 4 aromatic rings. The first-order valence-corrected chi connectivity index (χ1v) is 13.0. The van der Waals surface area contributed by atoms with Gasteiger partial charge in [-0.2, -0.15) is 0 Å². The molecule has 6 nitrogen and oxygen atoms in total. The van der Waals surface area contributed by atoms with Crippen molar-refractivity contribution in [2.24, 2.45) is 0 Å². The van der Waals surface area contributed by atoms with E-state index < -0.39 is 5.97 Å². The minimum Gasteiger partial charge on any atom is -0.496 e. The Kier molecular flexibility index (Phi) is 7.30. The van der Waals surface area contributed by atoms with Crippen molar-refractivity contribution >= 4 is 17.2 Å². The number of aryl methyl sites for hydroxylation is 1. The lowest BCUT2D eigenvalue weighted by atomic mass is 9.85. The Morgan fingerprint density at radius 3 is 2.55 bits per heavy atom. The third kappa shape index (κ3) is 5.54. The molecule has 1 N–H and O–H groups in total. The largest absolute Gasteiger partial charge is 0.496 e. The highest BCUT2D eigenvalue weighted by atomic mass is 19.1. The fraction of sp³-hybridized carbons (Fsp3) is 0.212. The number of hydrogen-bond donors (Lipinski definition) is 1. The summed E-state index contributed by atoms with van der Waals surface area (Å²) in [6.07, 6.45) is 3.72. The van der Waals surface area contributed by atoms with Crippen LogP contribution in [0.25, 0.3) is 16.7 Å². The molecule has 0 saturated heterocycles. The number of anilines is 1. The summed E-state index contributed by atoms with van der Waals surface area (Å²) in [5, 5.41) is 3.59. The zero-order valence-electron chi connectivity index (χ0n) is 23.2. The summed E-state index contributed by atoms with van der Waals surface area (Å²) >= 11 is 0. The number of pyridine rings is 1. The van der Waals surface area contributed by atoms with E-state index in [1.165, 1.54) is 12.1 Å². The number of carbonyl (C=O) groups is 1. The van der Waals surface area contributed by atoms with Gasteiger partial charge in [0, 0.05) is 34.6 Å². The molecule has 5 rings (SSSR count). The highest BCUT2D eigenvalue weighted by Crippen LogP contribution is 2.43. The number of esters is 1. The Balaban J connectivity index is 1.61. The third-order valence-corrected chi connectivity index (χ3v) is 6.81. The van der Waals surface area contributed by atoms with Gasteiger partial charge in [-0.1, -0.05) is 24.3 Å². The van der Waals surface area contributed by atoms with Gasteiger partial charge in [0.1, 0.15) is 35.4 Å². The van der Waals surface area contributed by atoms with Gasteiger partial charge in [0.05, 0.1) is 12.6 Å². The number of halogens is 1. The van der Waals surface area contributed by atoms with E-state index in [1.807, 2.05) is 19.1 Å². The Labute approximate surface area is 233 Å². The van der Waals surface area contributed by atoms with Crippen molar-refractivity contribution < 1.29 is 23.4 Å². The first-order valence-electron chi connectivity index (χ1n) is 13.0. The lowest BCUT2D eigenvalue weighted by molar-refractivity contribution is 0.0728. The molecule has 7 heteroatoms. The van der Waals surface area contributed by atoms with Crippen LogP contribution in [0.15, 0.2) is 79.0 Å². The average molecular weight is 539 g/mol. The maximum atomic E-state index is 14.0. The maximum Gasteiger partial charge on any atom is 0.362 e. The number of benzene rings is 3. The molecular weight excluding hydrogens is 507 g/mol. The molecular formula is C33H31FN2O4. The number of fused-ring (bicyclic) bond motifs is 1. The monoisotopic (exact) mass is 538 g/mol. The summed E-state index contributed by atoms with van der Waals surface area (Å²) in [6.45, 7) is 8.36. The molecule has 2 heterocycles. The lowest BCUT2D eigenvalue weighted by Gasteiger charge is -2.33. The minimum atomic E-state index is -0.558. The number of allylic oxidation sites excluding steroid dienone is 1. The molecule has 0 aliphatic carbocycles. The maximum absolute atomic E-state index is 14.0. The number of hydrogen-bond acceptors (Lipinski definition) is 6. The summed E-state index contributed by atoms with van der Waals surface area (Å²) in [6, 6.07) is 18.8. The van der Waals surface area contributed by atoms with Crippen LogP contribution in [0.5, 0.6) is 17.2 Å². The van der Waals surface area contributed by atoms with Crippen LogP contribution < -0.4 is 19.5 Å². The van der Waals surface area contributed by atoms with Gasteiger partial charge in [-0.05, 0) is 86.9 Å². The summed E-state index contributed by atoms with van der Waals surface area (Å²) in [5.41, 5.74) is 6.34. The number of rotatable bonds is 7. The van der Waals surface area contributed by atoms with Crippen LogP contribution in [-0.4, -0.2) is 23.6 Å². The first-order chi connectivity index (χ1) is 19.1. The second kappa shape index (κ2) is 10.8. The van der Waals surface area contributed by atoms with E-state index in [0.717, 1.165) is 39.1 Å². The van der Waals surface area contributed by atoms with Crippen LogP contribution in [0.2, 0.25) is 0 Å². The number of methoxy groups -OCH3 is 1. The molecule has 0 amide bonds. The van der Waals surface area contributed by atoms with Gasteiger partial charge in [-0.15, -0.1) is 0 Å². The van der Waals surface area contributed by atoms with Crippen LogP contribution >= 0.6 is 0 Å². The molecule has 40 heavy (non-hydrogen) atoms. The van der Waals surface area contributed by atoms with Crippen molar-refractivity contribution in [2.75, 3.05) is 12.4 Å². The molecule has 1 aliphatic rings. The SMILES string of the molecule is COc1ccc(OC(=O)c2ccccn2)cc1-c1ccc2c(c1COc1cc(F)ccc1C)C(C)=CC(C)(C)N2. The molecule has 1 aromatic heterocycles. The van der Waals surface area contributed by atoms with Crippen LogP contribution in [-0.2, 0) is 6.61 Å². The van der Waals surface area contributed by atoms with E-state index >= 15 is 0 Å². The second-order valence-corrected chi connectivity index (χ2v) is 10.4. The highest BCUT2D eigenvalue weighted by Gasteiger charge is 2.27. The molecule has 0 bridgehead atoms. The van der Waals surface area contributed by atoms with Gasteiger partial charge in [0.2, 0.25) is 0 Å². The number of carbonyl (C=O) groups excluding carboxylic acids is 1. The average Bonchev–Trinajstić information content (AvgIpc) is 2.93. The van der Waals surface area contributed by atoms with Crippen molar-refractivity contribution in [1.29, 1.82) is 0 Å². The number of ether oxygens (including phenoxy) is 3. The lowest BCUT2D eigenvalue weighted by Crippen LogP contribution is -2.32. The highest BCUT2D eigenvalue weighted by molar-refractivity contribution is 5.90. The molecule has 0 atom stereocenters. The van der Waals surface area contributed by atoms with Crippen LogP contribution in [0.1, 0.15) is 48.0 Å². The molecule has 0 fully saturated rings. The number of nitrogens with zero attached hydrogens (tertiary/aromatic N) is 1. The number of nitrogens with one attached hydrogen (secondary N) is 1. The van der Waals surface area contributed by atoms with Crippen LogP contribution in [0, 0.1) is 12.7 Å². The topological polar surface area (TPSA) is 69.7 Å². The number of aromatic nitrogens is 1. The molecule has 3 aromatic carbocycles. The first kappa shape index (κ1) is 26.9. The Morgan fingerprint density at radius 2 is 1.80 bits per heavy atom.